The first kappa shape index (κ1) is 14.7. The topological polar surface area (TPSA) is 19.4 Å². The highest BCUT2D eigenvalue weighted by Crippen LogP contribution is 2.28. The van der Waals surface area contributed by atoms with Crippen molar-refractivity contribution >= 4 is 5.82 Å². The van der Waals surface area contributed by atoms with Gasteiger partial charge < -0.3 is 9.80 Å². The number of aromatic nitrogens is 1. The Labute approximate surface area is 139 Å². The van der Waals surface area contributed by atoms with Crippen molar-refractivity contribution in [1.29, 1.82) is 0 Å². The van der Waals surface area contributed by atoms with E-state index in [1.807, 2.05) is 6.20 Å². The van der Waals surface area contributed by atoms with Crippen LogP contribution < -0.4 is 4.90 Å². The van der Waals surface area contributed by atoms with E-state index in [2.05, 4.69) is 53.1 Å². The van der Waals surface area contributed by atoms with Crippen LogP contribution in [-0.2, 0) is 0 Å². The lowest BCUT2D eigenvalue weighted by Gasteiger charge is -2.32. The van der Waals surface area contributed by atoms with Gasteiger partial charge in [-0.3, -0.25) is 0 Å². The lowest BCUT2D eigenvalue weighted by atomic mass is 10.0. The molecule has 3 heteroatoms. The minimum Gasteiger partial charge on any atom is -0.352 e. The molecule has 0 aliphatic carbocycles. The molecule has 1 aromatic carbocycles. The van der Waals surface area contributed by atoms with Crippen molar-refractivity contribution in [1.82, 2.24) is 9.88 Å². The van der Waals surface area contributed by atoms with E-state index in [1.165, 1.54) is 55.6 Å². The molecule has 0 saturated carbocycles. The Kier molecular flexibility index (Phi) is 4.04. The zero-order valence-electron chi connectivity index (χ0n) is 13.9. The highest BCUT2D eigenvalue weighted by atomic mass is 15.3. The Balaban J connectivity index is 1.59. The number of fused-ring (bicyclic) bond motifs is 3. The van der Waals surface area contributed by atoms with Crippen LogP contribution in [0.4, 0.5) is 5.82 Å². The van der Waals surface area contributed by atoms with Gasteiger partial charge in [0.25, 0.3) is 0 Å². The van der Waals surface area contributed by atoms with E-state index in [1.54, 1.807) is 0 Å². The summed E-state index contributed by atoms with van der Waals surface area (Å²) < 4.78 is 0. The van der Waals surface area contributed by atoms with Gasteiger partial charge in [0.1, 0.15) is 5.82 Å². The monoisotopic (exact) mass is 307 g/mol. The minimum atomic E-state index is 0.666. The Bertz CT molecular complexity index is 665. The number of rotatable bonds is 2. The lowest BCUT2D eigenvalue weighted by Crippen LogP contribution is -2.39. The van der Waals surface area contributed by atoms with Crippen LogP contribution in [0.2, 0.25) is 0 Å². The van der Waals surface area contributed by atoms with Crippen LogP contribution in [-0.4, -0.2) is 42.1 Å². The van der Waals surface area contributed by atoms with Crippen LogP contribution in [0.25, 0.3) is 11.1 Å². The predicted molar refractivity (Wildman–Crippen MR) is 95.8 cm³/mol. The molecule has 0 radical (unpaired) electrons. The molecule has 3 heterocycles. The molecular weight excluding hydrogens is 282 g/mol. The zero-order chi connectivity index (χ0) is 15.6. The van der Waals surface area contributed by atoms with Gasteiger partial charge in [0.2, 0.25) is 0 Å². The first-order valence-electron chi connectivity index (χ1n) is 8.82. The third kappa shape index (κ3) is 2.98. The molecule has 0 N–H and O–H groups in total. The van der Waals surface area contributed by atoms with Crippen LogP contribution in [0.3, 0.4) is 0 Å². The van der Waals surface area contributed by atoms with Crippen molar-refractivity contribution in [3.8, 4) is 11.1 Å². The highest BCUT2D eigenvalue weighted by molar-refractivity contribution is 5.67. The van der Waals surface area contributed by atoms with Crippen LogP contribution in [0, 0.1) is 6.92 Å². The predicted octanol–water partition coefficient (Wildman–Crippen LogP) is 3.73. The number of aryl methyl sites for hydroxylation is 1. The summed E-state index contributed by atoms with van der Waals surface area (Å²) in [5, 5.41) is 0. The fourth-order valence-electron chi connectivity index (χ4n) is 4.02. The molecule has 120 valence electrons. The first-order valence-corrected chi connectivity index (χ1v) is 8.82. The molecular formula is C20H25N3. The van der Waals surface area contributed by atoms with E-state index in [0.29, 0.717) is 6.04 Å². The number of hydrogen-bond donors (Lipinski definition) is 0. The largest absolute Gasteiger partial charge is 0.352 e. The second kappa shape index (κ2) is 6.32. The molecule has 2 bridgehead atoms. The van der Waals surface area contributed by atoms with Crippen LogP contribution in [0.1, 0.15) is 24.8 Å². The molecule has 0 amide bonds. The Hall–Kier alpha value is -1.87. The molecule has 3 nitrogen and oxygen atoms in total. The van der Waals surface area contributed by atoms with Crippen molar-refractivity contribution in [2.75, 3.05) is 31.1 Å². The molecule has 1 aromatic heterocycles. The van der Waals surface area contributed by atoms with E-state index >= 15 is 0 Å². The maximum Gasteiger partial charge on any atom is 0.128 e. The molecule has 0 spiro atoms. The van der Waals surface area contributed by atoms with E-state index in [4.69, 9.17) is 4.98 Å². The average Bonchev–Trinajstić information content (AvgIpc) is 2.92. The van der Waals surface area contributed by atoms with Crippen molar-refractivity contribution in [2.24, 2.45) is 0 Å². The average molecular weight is 307 g/mol. The quantitative estimate of drug-likeness (QED) is 0.843. The summed E-state index contributed by atoms with van der Waals surface area (Å²) in [6.07, 6.45) is 5.95. The number of nitrogens with zero attached hydrogens (tertiary/aromatic N) is 3. The third-order valence-corrected chi connectivity index (χ3v) is 5.39. The van der Waals surface area contributed by atoms with Gasteiger partial charge in [-0.05, 0) is 56.0 Å². The van der Waals surface area contributed by atoms with Gasteiger partial charge >= 0.3 is 0 Å². The van der Waals surface area contributed by atoms with Crippen molar-refractivity contribution in [3.63, 3.8) is 0 Å². The van der Waals surface area contributed by atoms with Gasteiger partial charge in [-0.25, -0.2) is 4.98 Å². The summed E-state index contributed by atoms with van der Waals surface area (Å²) in [7, 11) is 0. The highest BCUT2D eigenvalue weighted by Gasteiger charge is 2.27. The summed E-state index contributed by atoms with van der Waals surface area (Å²) in [5.41, 5.74) is 3.80. The molecule has 4 rings (SSSR count). The van der Waals surface area contributed by atoms with E-state index < -0.39 is 0 Å². The van der Waals surface area contributed by atoms with Crippen molar-refractivity contribution in [2.45, 2.75) is 32.2 Å². The van der Waals surface area contributed by atoms with Crippen molar-refractivity contribution < 1.29 is 0 Å². The molecule has 2 saturated heterocycles. The molecule has 2 unspecified atom stereocenters. The van der Waals surface area contributed by atoms with E-state index in [-0.39, 0.29) is 0 Å². The summed E-state index contributed by atoms with van der Waals surface area (Å²) in [5.74, 6) is 1.15. The van der Waals surface area contributed by atoms with Crippen molar-refractivity contribution in [3.05, 3.63) is 48.2 Å². The number of anilines is 1. The van der Waals surface area contributed by atoms with Crippen LogP contribution >= 0.6 is 0 Å². The van der Waals surface area contributed by atoms with Gasteiger partial charge in [-0.2, -0.15) is 0 Å². The molecule has 2 aromatic rings. The maximum absolute atomic E-state index is 4.82. The zero-order valence-corrected chi connectivity index (χ0v) is 13.9. The fourth-order valence-corrected chi connectivity index (χ4v) is 4.02. The van der Waals surface area contributed by atoms with Gasteiger partial charge in [-0.15, -0.1) is 0 Å². The van der Waals surface area contributed by atoms with Gasteiger partial charge in [0.05, 0.1) is 0 Å². The van der Waals surface area contributed by atoms with Gasteiger partial charge in [0.15, 0.2) is 0 Å². The molecule has 2 aliphatic rings. The second-order valence-electron chi connectivity index (χ2n) is 6.84. The van der Waals surface area contributed by atoms with Crippen LogP contribution in [0.15, 0.2) is 42.6 Å². The summed E-state index contributed by atoms with van der Waals surface area (Å²) in [4.78, 5) is 9.97. The standard InChI is InChI=1S/C20H25N3/c1-16-5-2-3-7-19(16)17-8-9-20(21-15-17)23-14-13-22-11-4-6-18(23)10-12-22/h2-3,5,7-9,15,18H,4,6,10-14H2,1H3. The second-order valence-corrected chi connectivity index (χ2v) is 6.84. The maximum atomic E-state index is 4.82. The summed E-state index contributed by atoms with van der Waals surface area (Å²) in [6, 6.07) is 13.6. The molecule has 2 aliphatic heterocycles. The Morgan fingerprint density at radius 2 is 1.87 bits per heavy atom. The van der Waals surface area contributed by atoms with Gasteiger partial charge in [-0.1, -0.05) is 24.3 Å². The first-order chi connectivity index (χ1) is 11.3. The summed E-state index contributed by atoms with van der Waals surface area (Å²) in [6.45, 7) is 6.99. The Morgan fingerprint density at radius 3 is 2.70 bits per heavy atom. The number of pyridine rings is 1. The SMILES string of the molecule is Cc1ccccc1-c1ccc(N2CCN3CCCC2CC3)nc1. The number of benzene rings is 1. The smallest absolute Gasteiger partial charge is 0.128 e. The fraction of sp³-hybridized carbons (Fsp3) is 0.450. The Morgan fingerprint density at radius 1 is 0.957 bits per heavy atom. The van der Waals surface area contributed by atoms with Gasteiger partial charge in [0, 0.05) is 37.4 Å². The minimum absolute atomic E-state index is 0.666. The lowest BCUT2D eigenvalue weighted by molar-refractivity contribution is 0.298. The van der Waals surface area contributed by atoms with Crippen LogP contribution in [0.5, 0.6) is 0 Å². The van der Waals surface area contributed by atoms with E-state index in [9.17, 15) is 0 Å². The third-order valence-electron chi connectivity index (χ3n) is 5.39. The number of hydrogen-bond acceptors (Lipinski definition) is 3. The normalized spacial score (nSPS) is 24.3. The van der Waals surface area contributed by atoms with E-state index in [0.717, 1.165) is 12.4 Å². The molecule has 2 atom stereocenters. The summed E-state index contributed by atoms with van der Waals surface area (Å²) >= 11 is 0. The molecule has 23 heavy (non-hydrogen) atoms. The molecule has 2 fully saturated rings.